The molecule has 3 unspecified atom stereocenters. The summed E-state index contributed by atoms with van der Waals surface area (Å²) < 4.78 is 23.6. The summed E-state index contributed by atoms with van der Waals surface area (Å²) in [5.41, 5.74) is 0. The zero-order chi connectivity index (χ0) is 40.7. The van der Waals surface area contributed by atoms with Gasteiger partial charge in [-0.2, -0.15) is 0 Å². The van der Waals surface area contributed by atoms with Gasteiger partial charge in [-0.15, -0.1) is 0 Å². The van der Waals surface area contributed by atoms with E-state index in [1.807, 2.05) is 21.1 Å². The number of unbranched alkanes of at least 4 members (excludes halogenated alkanes) is 28. The number of carbonyl (C=O) groups is 1. The second kappa shape index (κ2) is 38.7. The zero-order valence-corrected chi connectivity index (χ0v) is 38.1. The molecule has 0 aliphatic heterocycles. The molecule has 0 radical (unpaired) electrons. The fourth-order valence-corrected chi connectivity index (χ4v) is 7.72. The molecule has 0 aliphatic rings. The Balaban J connectivity index is 4.30. The van der Waals surface area contributed by atoms with Crippen LogP contribution < -0.4 is 5.32 Å². The molecule has 0 aromatic heterocycles. The number of hydrogen-bond acceptors (Lipinski definition) is 5. The molecule has 0 rings (SSSR count). The van der Waals surface area contributed by atoms with Crippen molar-refractivity contribution in [3.8, 4) is 0 Å². The van der Waals surface area contributed by atoms with Crippen molar-refractivity contribution >= 4 is 13.7 Å². The summed E-state index contributed by atoms with van der Waals surface area (Å²) >= 11 is 0. The number of hydrogen-bond donors (Lipinski definition) is 3. The Labute approximate surface area is 342 Å². The molecule has 8 nitrogen and oxygen atoms in total. The maximum atomic E-state index is 12.9. The summed E-state index contributed by atoms with van der Waals surface area (Å²) in [5.74, 6) is -0.147. The van der Waals surface area contributed by atoms with Crippen molar-refractivity contribution in [1.29, 1.82) is 0 Å². The van der Waals surface area contributed by atoms with E-state index >= 15 is 0 Å². The number of nitrogens with zero attached hydrogens (tertiary/aromatic N) is 1. The SMILES string of the molecule is CCCCCCCCCC/C=C\CCCCCCCCCC(=O)NC(COP(=O)(O)OCC[N+](C)(C)C)C(O)CCCCCCCCCCCCCCCC. The Morgan fingerprint density at radius 2 is 0.982 bits per heavy atom. The molecule has 3 N–H and O–H groups in total. The third-order valence-corrected chi connectivity index (χ3v) is 11.7. The van der Waals surface area contributed by atoms with Gasteiger partial charge in [0.15, 0.2) is 0 Å². The van der Waals surface area contributed by atoms with E-state index in [-0.39, 0.29) is 19.1 Å². The number of phosphoric ester groups is 1. The number of rotatable bonds is 43. The van der Waals surface area contributed by atoms with Crippen molar-refractivity contribution in [1.82, 2.24) is 5.32 Å². The highest BCUT2D eigenvalue weighted by molar-refractivity contribution is 7.47. The molecule has 9 heteroatoms. The average Bonchev–Trinajstić information content (AvgIpc) is 3.13. The number of carbonyl (C=O) groups excluding carboxylic acids is 1. The van der Waals surface area contributed by atoms with E-state index in [2.05, 4.69) is 31.3 Å². The van der Waals surface area contributed by atoms with Gasteiger partial charge in [-0.1, -0.05) is 193 Å². The van der Waals surface area contributed by atoms with Gasteiger partial charge in [-0.25, -0.2) is 4.57 Å². The van der Waals surface area contributed by atoms with Crippen LogP contribution in [-0.2, 0) is 18.4 Å². The molecule has 55 heavy (non-hydrogen) atoms. The van der Waals surface area contributed by atoms with Crippen LogP contribution in [0, 0.1) is 0 Å². The van der Waals surface area contributed by atoms with E-state index in [9.17, 15) is 19.4 Å². The molecule has 328 valence electrons. The van der Waals surface area contributed by atoms with Gasteiger partial charge in [0.1, 0.15) is 13.2 Å². The summed E-state index contributed by atoms with van der Waals surface area (Å²) in [6.07, 6.45) is 43.8. The first kappa shape index (κ1) is 54.2. The van der Waals surface area contributed by atoms with E-state index in [1.165, 1.54) is 161 Å². The van der Waals surface area contributed by atoms with Crippen LogP contribution in [0.3, 0.4) is 0 Å². The maximum Gasteiger partial charge on any atom is 0.472 e. The molecule has 0 aliphatic carbocycles. The van der Waals surface area contributed by atoms with E-state index in [0.29, 0.717) is 23.9 Å². The van der Waals surface area contributed by atoms with Crippen LogP contribution in [0.15, 0.2) is 12.2 Å². The van der Waals surface area contributed by atoms with E-state index in [1.54, 1.807) is 0 Å². The number of allylic oxidation sites excluding steroid dienone is 2. The van der Waals surface area contributed by atoms with Crippen molar-refractivity contribution < 1.29 is 32.9 Å². The summed E-state index contributed by atoms with van der Waals surface area (Å²) in [7, 11) is 1.62. The number of aliphatic hydroxyl groups excluding tert-OH is 1. The first-order valence-corrected chi connectivity index (χ1v) is 25.0. The summed E-state index contributed by atoms with van der Waals surface area (Å²) in [6, 6.07) is -0.758. The number of amides is 1. The fourth-order valence-electron chi connectivity index (χ4n) is 6.98. The second-order valence-electron chi connectivity index (χ2n) is 17.5. The van der Waals surface area contributed by atoms with Gasteiger partial charge in [-0.3, -0.25) is 13.8 Å². The molecule has 0 aromatic carbocycles. The number of aliphatic hydroxyl groups is 1. The van der Waals surface area contributed by atoms with Gasteiger partial charge < -0.3 is 19.8 Å². The molecule has 0 aromatic rings. The highest BCUT2D eigenvalue weighted by Gasteiger charge is 2.28. The van der Waals surface area contributed by atoms with Crippen LogP contribution in [0.4, 0.5) is 0 Å². The molecular weight excluding hydrogens is 707 g/mol. The monoisotopic (exact) mass is 802 g/mol. The van der Waals surface area contributed by atoms with Crippen LogP contribution in [0.2, 0.25) is 0 Å². The minimum Gasteiger partial charge on any atom is -0.391 e. The van der Waals surface area contributed by atoms with Crippen molar-refractivity contribution in [3.05, 3.63) is 12.2 Å². The Morgan fingerprint density at radius 3 is 1.40 bits per heavy atom. The molecule has 3 atom stereocenters. The van der Waals surface area contributed by atoms with E-state index < -0.39 is 20.0 Å². The van der Waals surface area contributed by atoms with Crippen LogP contribution in [0.1, 0.15) is 226 Å². The number of nitrogens with one attached hydrogen (secondary N) is 1. The number of quaternary nitrogens is 1. The van der Waals surface area contributed by atoms with Gasteiger partial charge in [0.25, 0.3) is 0 Å². The Bertz CT molecular complexity index is 911. The van der Waals surface area contributed by atoms with E-state index in [4.69, 9.17) is 9.05 Å². The lowest BCUT2D eigenvalue weighted by Gasteiger charge is -2.26. The van der Waals surface area contributed by atoms with Gasteiger partial charge >= 0.3 is 7.82 Å². The zero-order valence-electron chi connectivity index (χ0n) is 37.2. The lowest BCUT2D eigenvalue weighted by atomic mass is 10.0. The smallest absolute Gasteiger partial charge is 0.391 e. The van der Waals surface area contributed by atoms with Crippen molar-refractivity contribution in [3.63, 3.8) is 0 Å². The highest BCUT2D eigenvalue weighted by atomic mass is 31.2. The van der Waals surface area contributed by atoms with Gasteiger partial charge in [-0.05, 0) is 38.5 Å². The Kier molecular flexibility index (Phi) is 38.2. The summed E-state index contributed by atoms with van der Waals surface area (Å²) in [6.45, 7) is 4.90. The molecule has 0 fully saturated rings. The molecule has 0 saturated heterocycles. The lowest BCUT2D eigenvalue weighted by Crippen LogP contribution is -2.46. The van der Waals surface area contributed by atoms with Crippen molar-refractivity contribution in [2.45, 2.75) is 238 Å². The molecule has 0 heterocycles. The predicted octanol–water partition coefficient (Wildman–Crippen LogP) is 13.1. The van der Waals surface area contributed by atoms with Gasteiger partial charge in [0.2, 0.25) is 5.91 Å². The number of likely N-dealkylation sites (N-methyl/N-ethyl adjacent to an activating group) is 1. The predicted molar refractivity (Wildman–Crippen MR) is 235 cm³/mol. The lowest BCUT2D eigenvalue weighted by molar-refractivity contribution is -0.870. The third kappa shape index (κ3) is 41.2. The normalized spacial score (nSPS) is 14.4. The van der Waals surface area contributed by atoms with Gasteiger partial charge in [0.05, 0.1) is 39.9 Å². The van der Waals surface area contributed by atoms with Crippen molar-refractivity contribution in [2.75, 3.05) is 40.9 Å². The Hall–Kier alpha value is -0.760. The first-order valence-electron chi connectivity index (χ1n) is 23.6. The quantitative estimate of drug-likeness (QED) is 0.0245. The highest BCUT2D eigenvalue weighted by Crippen LogP contribution is 2.43. The number of phosphoric acid groups is 1. The summed E-state index contributed by atoms with van der Waals surface area (Å²) in [5, 5.41) is 14.0. The minimum atomic E-state index is -4.31. The van der Waals surface area contributed by atoms with Crippen LogP contribution >= 0.6 is 7.82 Å². The minimum absolute atomic E-state index is 0.0757. The molecule has 1 amide bonds. The molecule has 0 spiro atoms. The van der Waals surface area contributed by atoms with Crippen LogP contribution in [-0.4, -0.2) is 73.4 Å². The molecular formula is C46H94N2O6P+. The Morgan fingerprint density at radius 1 is 0.600 bits per heavy atom. The molecule has 0 saturated carbocycles. The second-order valence-corrected chi connectivity index (χ2v) is 18.9. The average molecular weight is 802 g/mol. The third-order valence-electron chi connectivity index (χ3n) is 10.8. The van der Waals surface area contributed by atoms with Crippen LogP contribution in [0.5, 0.6) is 0 Å². The maximum absolute atomic E-state index is 12.9. The molecule has 0 bridgehead atoms. The van der Waals surface area contributed by atoms with Gasteiger partial charge in [0, 0.05) is 6.42 Å². The standard InChI is InChI=1S/C46H93N2O6P/c1-6-8-10-12-14-16-18-20-22-23-24-25-26-28-30-32-34-36-38-40-46(50)47-44(43-54-55(51,52)53-42-41-48(3,4)5)45(49)39-37-35-33-31-29-27-21-19-17-15-13-11-9-7-2/h23-24,44-45,49H,6-22,25-43H2,1-5H3,(H-,47,50,51,52)/p+1/b24-23-. The van der Waals surface area contributed by atoms with Crippen LogP contribution in [0.25, 0.3) is 0 Å². The van der Waals surface area contributed by atoms with E-state index in [0.717, 1.165) is 38.5 Å². The fraction of sp³-hybridized carbons (Fsp3) is 0.935. The summed E-state index contributed by atoms with van der Waals surface area (Å²) in [4.78, 5) is 23.2. The first-order chi connectivity index (χ1) is 26.5. The van der Waals surface area contributed by atoms with Crippen molar-refractivity contribution in [2.24, 2.45) is 0 Å². The topological polar surface area (TPSA) is 105 Å². The largest absolute Gasteiger partial charge is 0.472 e.